The van der Waals surface area contributed by atoms with Crippen LogP contribution >= 0.6 is 11.6 Å². The number of carbonyl (C=O) groups excluding carboxylic acids is 1. The summed E-state index contributed by atoms with van der Waals surface area (Å²) < 4.78 is 5.81. The van der Waals surface area contributed by atoms with Crippen LogP contribution in [0.2, 0.25) is 5.02 Å². The van der Waals surface area contributed by atoms with E-state index in [2.05, 4.69) is 0 Å². The molecule has 2 unspecified atom stereocenters. The first-order valence-corrected chi connectivity index (χ1v) is 7.70. The van der Waals surface area contributed by atoms with Crippen molar-refractivity contribution >= 4 is 17.6 Å². The molecule has 5 nitrogen and oxygen atoms in total. The molecule has 1 saturated carbocycles. The molecule has 2 aromatic rings. The summed E-state index contributed by atoms with van der Waals surface area (Å²) in [5, 5.41) is 10.6. The fraction of sp³-hybridized carbons (Fsp3) is 0.235. The summed E-state index contributed by atoms with van der Waals surface area (Å²) in [5.41, 5.74) is 6.15. The number of benzene rings is 2. The average molecular weight is 372 g/mol. The van der Waals surface area contributed by atoms with Crippen LogP contribution in [0.15, 0.2) is 48.5 Å². The predicted molar refractivity (Wildman–Crippen MR) is 86.9 cm³/mol. The summed E-state index contributed by atoms with van der Waals surface area (Å²) in [4.78, 5) is 10.9. The van der Waals surface area contributed by atoms with E-state index in [1.54, 1.807) is 12.1 Å². The summed E-state index contributed by atoms with van der Waals surface area (Å²) in [7, 11) is 0. The van der Waals surface area contributed by atoms with E-state index in [4.69, 9.17) is 22.1 Å². The van der Waals surface area contributed by atoms with Gasteiger partial charge in [0.15, 0.2) is 0 Å². The van der Waals surface area contributed by atoms with E-state index < -0.39 is 6.03 Å². The Morgan fingerprint density at radius 1 is 1.25 bits per heavy atom. The zero-order valence-electron chi connectivity index (χ0n) is 13.4. The Hall–Kier alpha value is -0.604. The number of halogens is 1. The van der Waals surface area contributed by atoms with Crippen LogP contribution in [0.25, 0.3) is 0 Å². The molecule has 0 heterocycles. The molecule has 2 amide bonds. The fourth-order valence-corrected chi connectivity index (χ4v) is 2.74. The first-order chi connectivity index (χ1) is 11.0. The molecule has 24 heavy (non-hydrogen) atoms. The molecule has 2 atom stereocenters. The van der Waals surface area contributed by atoms with Crippen LogP contribution in [-0.2, 0) is 0 Å². The number of carbonyl (C=O) groups is 1. The molecule has 7 heteroatoms. The molecule has 1 aliphatic rings. The minimum atomic E-state index is -0.824. The van der Waals surface area contributed by atoms with Crippen molar-refractivity contribution in [2.45, 2.75) is 12.3 Å². The van der Waals surface area contributed by atoms with E-state index in [-0.39, 0.29) is 63.8 Å². The number of ether oxygens (including phenoxy) is 1. The Morgan fingerprint density at radius 3 is 2.62 bits per heavy atom. The predicted octanol–water partition coefficient (Wildman–Crippen LogP) is 1.01. The Balaban J connectivity index is 0.00000208. The third-order valence-corrected chi connectivity index (χ3v) is 4.17. The topological polar surface area (TPSA) is 75.8 Å². The molecule has 0 saturated heterocycles. The number of nitrogens with two attached hydrogens (primary N) is 1. The van der Waals surface area contributed by atoms with Crippen LogP contribution in [0.5, 0.6) is 11.5 Å². The van der Waals surface area contributed by atoms with Crippen molar-refractivity contribution in [3.05, 3.63) is 59.1 Å². The van der Waals surface area contributed by atoms with Gasteiger partial charge in [0, 0.05) is 5.02 Å². The Labute approximate surface area is 188 Å². The van der Waals surface area contributed by atoms with Crippen LogP contribution in [0, 0.1) is 5.92 Å². The molecule has 0 bridgehead atoms. The number of nitrogens with zero attached hydrogens (tertiary/aromatic N) is 1. The number of hydroxylamine groups is 2. The minimum Gasteiger partial charge on any atom is -0.457 e. The summed E-state index contributed by atoms with van der Waals surface area (Å²) in [6, 6.07) is 14.2. The number of hydrogen-bond acceptors (Lipinski definition) is 3. The molecular weight excluding hydrogens is 355 g/mol. The quantitative estimate of drug-likeness (QED) is 0.468. The molecule has 3 rings (SSSR count). The molecule has 0 spiro atoms. The van der Waals surface area contributed by atoms with Crippen molar-refractivity contribution in [2.75, 3.05) is 6.54 Å². The van der Waals surface area contributed by atoms with Gasteiger partial charge in [-0.15, -0.1) is 0 Å². The van der Waals surface area contributed by atoms with E-state index in [1.165, 1.54) is 0 Å². The van der Waals surface area contributed by atoms with Crippen molar-refractivity contribution in [1.82, 2.24) is 5.06 Å². The molecule has 1 fully saturated rings. The van der Waals surface area contributed by atoms with Crippen LogP contribution in [0.1, 0.15) is 17.9 Å². The summed E-state index contributed by atoms with van der Waals surface area (Å²) in [6.07, 6.45) is 0.911. The molecule has 1 aliphatic carbocycles. The van der Waals surface area contributed by atoms with Gasteiger partial charge in [0.25, 0.3) is 0 Å². The molecule has 120 valence electrons. The first-order valence-electron chi connectivity index (χ1n) is 7.32. The van der Waals surface area contributed by atoms with Gasteiger partial charge in [-0.1, -0.05) is 23.7 Å². The smallest absolute Gasteiger partial charge is 0.457 e. The third kappa shape index (κ3) is 5.19. The second-order valence-electron chi connectivity index (χ2n) is 5.65. The van der Waals surface area contributed by atoms with Gasteiger partial charge in [-0.05, 0) is 60.2 Å². The summed E-state index contributed by atoms with van der Waals surface area (Å²) >= 11 is 5.86. The minimum absolute atomic E-state index is 0. The fourth-order valence-electron chi connectivity index (χ4n) is 2.62. The van der Waals surface area contributed by atoms with Crippen LogP contribution in [-0.4, -0.2) is 22.8 Å². The van der Waals surface area contributed by atoms with Crippen molar-refractivity contribution in [1.29, 1.82) is 0 Å². The zero-order chi connectivity index (χ0) is 16.4. The number of hydrogen-bond donors (Lipinski definition) is 2. The molecule has 0 aliphatic heterocycles. The van der Waals surface area contributed by atoms with E-state index in [0.29, 0.717) is 21.8 Å². The number of amides is 2. The van der Waals surface area contributed by atoms with Gasteiger partial charge >= 0.3 is 57.4 Å². The maximum Gasteiger partial charge on any atom is 1.00 e. The standard InChI is InChI=1S/C17H17ClN2O3.K/c18-13-4-6-14(7-5-13)23-15-3-1-2-11(8-15)16-9-12(16)10-20(22)17(19)21;/h1-8,12,16,22H,9-10H2,(H2,19,21);/q;+1. The molecule has 0 radical (unpaired) electrons. The molecular formula is C17H17ClKN2O3+. The first kappa shape index (κ1) is 19.7. The zero-order valence-corrected chi connectivity index (χ0v) is 17.2. The van der Waals surface area contributed by atoms with E-state index in [0.717, 1.165) is 17.7 Å². The molecule has 0 aromatic heterocycles. The SMILES string of the molecule is NC(=O)N(O)CC1CC1c1cccc(Oc2ccc(Cl)cc2)c1.[K+]. The van der Waals surface area contributed by atoms with Crippen molar-refractivity contribution < 1.29 is 66.1 Å². The van der Waals surface area contributed by atoms with E-state index in [9.17, 15) is 10.0 Å². The Morgan fingerprint density at radius 2 is 1.96 bits per heavy atom. The summed E-state index contributed by atoms with van der Waals surface area (Å²) in [6.45, 7) is 0.252. The second-order valence-corrected chi connectivity index (χ2v) is 6.09. The van der Waals surface area contributed by atoms with Crippen molar-refractivity contribution in [3.8, 4) is 11.5 Å². The third-order valence-electron chi connectivity index (χ3n) is 3.92. The Kier molecular flexibility index (Phi) is 7.12. The number of urea groups is 1. The number of primary amides is 1. The van der Waals surface area contributed by atoms with Crippen LogP contribution in [0.3, 0.4) is 0 Å². The van der Waals surface area contributed by atoms with Crippen molar-refractivity contribution in [3.63, 3.8) is 0 Å². The number of rotatable bonds is 5. The van der Waals surface area contributed by atoms with Crippen LogP contribution < -0.4 is 61.9 Å². The van der Waals surface area contributed by atoms with Gasteiger partial charge in [0.2, 0.25) is 0 Å². The van der Waals surface area contributed by atoms with Gasteiger partial charge in [-0.2, -0.15) is 0 Å². The van der Waals surface area contributed by atoms with Gasteiger partial charge in [0.05, 0.1) is 6.54 Å². The molecule has 3 N–H and O–H groups in total. The normalized spacial score (nSPS) is 18.4. The molecule has 2 aromatic carbocycles. The van der Waals surface area contributed by atoms with Gasteiger partial charge in [-0.3, -0.25) is 5.21 Å². The van der Waals surface area contributed by atoms with Crippen LogP contribution in [0.4, 0.5) is 4.79 Å². The Bertz CT molecular complexity index is 711. The van der Waals surface area contributed by atoms with Gasteiger partial charge in [-0.25, -0.2) is 9.86 Å². The van der Waals surface area contributed by atoms with E-state index >= 15 is 0 Å². The maximum absolute atomic E-state index is 10.9. The summed E-state index contributed by atoms with van der Waals surface area (Å²) in [5.74, 6) is 1.98. The van der Waals surface area contributed by atoms with Gasteiger partial charge in [0.1, 0.15) is 11.5 Å². The average Bonchev–Trinajstić information content (AvgIpc) is 3.29. The van der Waals surface area contributed by atoms with Gasteiger partial charge < -0.3 is 10.5 Å². The van der Waals surface area contributed by atoms with Crippen molar-refractivity contribution in [2.24, 2.45) is 11.7 Å². The monoisotopic (exact) mass is 371 g/mol. The van der Waals surface area contributed by atoms with E-state index in [1.807, 2.05) is 36.4 Å². The second kappa shape index (κ2) is 8.67. The maximum atomic E-state index is 10.9. The largest absolute Gasteiger partial charge is 1.00 e.